The molecule has 2 N–H and O–H groups in total. The van der Waals surface area contributed by atoms with Crippen LogP contribution in [0.3, 0.4) is 0 Å². The van der Waals surface area contributed by atoms with E-state index in [0.29, 0.717) is 17.5 Å². The molecule has 2 aromatic heterocycles. The van der Waals surface area contributed by atoms with Crippen LogP contribution in [0.5, 0.6) is 5.75 Å². The Morgan fingerprint density at radius 3 is 2.75 bits per heavy atom. The van der Waals surface area contributed by atoms with E-state index in [-0.39, 0.29) is 5.56 Å². The Morgan fingerprint density at radius 2 is 2.11 bits per heavy atom. The molecule has 6 nitrogen and oxygen atoms in total. The molecule has 0 saturated heterocycles. The summed E-state index contributed by atoms with van der Waals surface area (Å²) >= 11 is 1.64. The summed E-state index contributed by atoms with van der Waals surface area (Å²) in [5.74, 6) is 0.374. The predicted molar refractivity (Wildman–Crippen MR) is 111 cm³/mol. The number of methoxy groups -OCH3 is 1. The minimum absolute atomic E-state index is 0.174. The fraction of sp³-hybridized carbons (Fsp3) is 0.333. The van der Waals surface area contributed by atoms with Crippen molar-refractivity contribution in [2.75, 3.05) is 12.4 Å². The van der Waals surface area contributed by atoms with Crippen LogP contribution in [-0.2, 0) is 0 Å². The highest BCUT2D eigenvalue weighted by atomic mass is 32.1. The summed E-state index contributed by atoms with van der Waals surface area (Å²) in [6, 6.07) is 7.46. The van der Waals surface area contributed by atoms with Crippen LogP contribution in [0.4, 0.5) is 11.5 Å². The van der Waals surface area contributed by atoms with Gasteiger partial charge in [-0.3, -0.25) is 0 Å². The van der Waals surface area contributed by atoms with Crippen LogP contribution >= 0.6 is 11.3 Å². The van der Waals surface area contributed by atoms with Crippen LogP contribution in [-0.4, -0.2) is 28.0 Å². The second-order valence-electron chi connectivity index (χ2n) is 7.05. The van der Waals surface area contributed by atoms with Crippen molar-refractivity contribution in [1.29, 1.82) is 0 Å². The Hall–Kier alpha value is -2.80. The summed E-state index contributed by atoms with van der Waals surface area (Å²) in [7, 11) is 1.53. The minimum Gasteiger partial charge on any atom is -0.497 e. The van der Waals surface area contributed by atoms with Gasteiger partial charge in [-0.25, -0.2) is 9.48 Å². The molecule has 3 aromatic rings. The van der Waals surface area contributed by atoms with Gasteiger partial charge in [-0.1, -0.05) is 12.8 Å². The van der Waals surface area contributed by atoms with Gasteiger partial charge in [0.25, 0.3) is 0 Å². The van der Waals surface area contributed by atoms with E-state index in [1.807, 2.05) is 12.3 Å². The number of rotatable bonds is 6. The van der Waals surface area contributed by atoms with Gasteiger partial charge in [-0.15, -0.1) is 0 Å². The lowest BCUT2D eigenvalue weighted by Gasteiger charge is -2.18. The summed E-state index contributed by atoms with van der Waals surface area (Å²) in [5, 5.41) is 22.1. The summed E-state index contributed by atoms with van der Waals surface area (Å²) < 4.78 is 7.26. The topological polar surface area (TPSA) is 76.4 Å². The maximum absolute atomic E-state index is 11.8. The molecule has 146 valence electrons. The number of nitrogens with zero attached hydrogens (tertiary/aromatic N) is 2. The molecule has 0 spiro atoms. The van der Waals surface area contributed by atoms with E-state index in [0.717, 1.165) is 35.5 Å². The Morgan fingerprint density at radius 1 is 1.32 bits per heavy atom. The van der Waals surface area contributed by atoms with Gasteiger partial charge in [-0.05, 0) is 60.4 Å². The Kier molecular flexibility index (Phi) is 5.09. The fourth-order valence-electron chi connectivity index (χ4n) is 3.90. The Labute approximate surface area is 167 Å². The largest absolute Gasteiger partial charge is 0.497 e. The van der Waals surface area contributed by atoms with Crippen LogP contribution in [0, 0.1) is 6.92 Å². The Balaban J connectivity index is 1.84. The third-order valence-electron chi connectivity index (χ3n) is 5.28. The van der Waals surface area contributed by atoms with Crippen molar-refractivity contribution in [3.05, 3.63) is 46.3 Å². The third-order valence-corrected chi connectivity index (χ3v) is 5.96. The zero-order valence-electron chi connectivity index (χ0n) is 15.9. The molecular weight excluding hydrogens is 374 g/mol. The van der Waals surface area contributed by atoms with Gasteiger partial charge < -0.3 is 15.2 Å². The number of thiophene rings is 1. The molecule has 0 atom stereocenters. The van der Waals surface area contributed by atoms with Crippen molar-refractivity contribution in [2.45, 2.75) is 38.6 Å². The first-order valence-electron chi connectivity index (χ1n) is 9.38. The number of aromatic carboxylic acids is 1. The van der Waals surface area contributed by atoms with E-state index in [1.54, 1.807) is 23.5 Å². The smallest absolute Gasteiger partial charge is 0.337 e. The minimum atomic E-state index is -0.998. The predicted octanol–water partition coefficient (Wildman–Crippen LogP) is 5.49. The monoisotopic (exact) mass is 397 g/mol. The first kappa shape index (κ1) is 18.6. The molecule has 1 fully saturated rings. The number of aryl methyl sites for hydroxylation is 1. The highest BCUT2D eigenvalue weighted by Gasteiger charge is 2.26. The van der Waals surface area contributed by atoms with E-state index in [1.165, 1.54) is 26.0 Å². The van der Waals surface area contributed by atoms with Crippen molar-refractivity contribution >= 4 is 28.8 Å². The highest BCUT2D eigenvalue weighted by molar-refractivity contribution is 7.08. The summed E-state index contributed by atoms with van der Waals surface area (Å²) in [6.45, 7) is 2.01. The summed E-state index contributed by atoms with van der Waals surface area (Å²) in [6.07, 6.45) is 4.57. The number of hydrogen-bond donors (Lipinski definition) is 2. The zero-order chi connectivity index (χ0) is 19.7. The molecule has 0 bridgehead atoms. The normalized spacial score (nSPS) is 14.4. The maximum Gasteiger partial charge on any atom is 0.337 e. The lowest BCUT2D eigenvalue weighted by atomic mass is 10.1. The van der Waals surface area contributed by atoms with Gasteiger partial charge in [0.1, 0.15) is 11.6 Å². The molecule has 1 saturated carbocycles. The van der Waals surface area contributed by atoms with Crippen molar-refractivity contribution < 1.29 is 14.6 Å². The number of anilines is 2. The van der Waals surface area contributed by atoms with Gasteiger partial charge >= 0.3 is 5.97 Å². The molecule has 4 rings (SSSR count). The van der Waals surface area contributed by atoms with Gasteiger partial charge in [0.15, 0.2) is 0 Å². The molecular formula is C21H23N3O3S. The Bertz CT molecular complexity index is 989. The van der Waals surface area contributed by atoms with Crippen LogP contribution < -0.4 is 10.1 Å². The number of aromatic nitrogens is 2. The van der Waals surface area contributed by atoms with E-state index >= 15 is 0 Å². The van der Waals surface area contributed by atoms with Crippen molar-refractivity contribution in [3.8, 4) is 16.9 Å². The van der Waals surface area contributed by atoms with Crippen LogP contribution in [0.1, 0.15) is 47.8 Å². The van der Waals surface area contributed by atoms with Crippen molar-refractivity contribution in [1.82, 2.24) is 9.78 Å². The number of carbonyl (C=O) groups is 1. The van der Waals surface area contributed by atoms with Crippen molar-refractivity contribution in [3.63, 3.8) is 0 Å². The van der Waals surface area contributed by atoms with E-state index in [9.17, 15) is 9.90 Å². The molecule has 28 heavy (non-hydrogen) atoms. The van der Waals surface area contributed by atoms with Crippen LogP contribution in [0.25, 0.3) is 11.1 Å². The maximum atomic E-state index is 11.8. The molecule has 0 amide bonds. The quantitative estimate of drug-likeness (QED) is 0.575. The van der Waals surface area contributed by atoms with Crippen LogP contribution in [0.15, 0.2) is 35.0 Å². The highest BCUT2D eigenvalue weighted by Crippen LogP contribution is 2.40. The zero-order valence-corrected chi connectivity index (χ0v) is 16.8. The standard InChI is InChI=1S/C21H23N3O3S/c1-13-19(14-9-10-28-12-14)20(24(23-13)15-5-3-4-6-15)22-18-8-7-16(27-2)11-17(18)21(25)26/h7-12,15,22H,3-6H2,1-2H3,(H,25,26). The second kappa shape index (κ2) is 7.67. The number of ether oxygens (including phenoxy) is 1. The lowest BCUT2D eigenvalue weighted by molar-refractivity contribution is 0.0697. The summed E-state index contributed by atoms with van der Waals surface area (Å²) in [5.41, 5.74) is 3.77. The number of carboxylic acids is 1. The molecule has 0 aliphatic heterocycles. The van der Waals surface area contributed by atoms with E-state index < -0.39 is 5.97 Å². The first-order valence-corrected chi connectivity index (χ1v) is 10.3. The van der Waals surface area contributed by atoms with Crippen molar-refractivity contribution in [2.24, 2.45) is 0 Å². The number of hydrogen-bond acceptors (Lipinski definition) is 5. The lowest BCUT2D eigenvalue weighted by Crippen LogP contribution is -2.12. The van der Waals surface area contributed by atoms with Gasteiger partial charge in [0.2, 0.25) is 0 Å². The van der Waals surface area contributed by atoms with E-state index in [2.05, 4.69) is 21.4 Å². The molecule has 0 radical (unpaired) electrons. The van der Waals surface area contributed by atoms with Gasteiger partial charge in [0.05, 0.1) is 30.1 Å². The molecule has 1 aliphatic carbocycles. The first-order chi connectivity index (χ1) is 13.6. The fourth-order valence-corrected chi connectivity index (χ4v) is 4.54. The molecule has 0 unspecified atom stereocenters. The number of nitrogens with one attached hydrogen (secondary N) is 1. The molecule has 1 aromatic carbocycles. The SMILES string of the molecule is COc1ccc(Nc2c(-c3ccsc3)c(C)nn2C2CCCC2)c(C(=O)O)c1. The molecule has 2 heterocycles. The number of carboxylic acid groups (broad SMARTS) is 1. The summed E-state index contributed by atoms with van der Waals surface area (Å²) in [4.78, 5) is 11.8. The molecule has 7 heteroatoms. The van der Waals surface area contributed by atoms with Gasteiger partial charge in [0, 0.05) is 5.56 Å². The van der Waals surface area contributed by atoms with Crippen LogP contribution in [0.2, 0.25) is 0 Å². The molecule has 1 aliphatic rings. The third kappa shape index (κ3) is 3.38. The second-order valence-corrected chi connectivity index (χ2v) is 7.83. The average molecular weight is 398 g/mol. The average Bonchev–Trinajstić information content (AvgIpc) is 3.43. The van der Waals surface area contributed by atoms with Gasteiger partial charge in [-0.2, -0.15) is 16.4 Å². The number of benzene rings is 1. The van der Waals surface area contributed by atoms with E-state index in [4.69, 9.17) is 9.84 Å².